The zero-order valence-electron chi connectivity index (χ0n) is 13.1. The number of anilines is 1. The number of esters is 2. The number of fused-ring (bicyclic) bond motifs is 3. The number of carbonyl (C=O) groups is 2. The zero-order valence-corrected chi connectivity index (χ0v) is 14.7. The number of benzene rings is 1. The number of thiophene rings is 2. The first-order chi connectivity index (χ1) is 11.5. The van der Waals surface area contributed by atoms with E-state index < -0.39 is 11.9 Å². The minimum atomic E-state index is -0.495. The second kappa shape index (κ2) is 6.66. The molecule has 2 N–H and O–H groups in total. The lowest BCUT2D eigenvalue weighted by atomic mass is 10.2. The molecule has 0 spiro atoms. The van der Waals surface area contributed by atoms with E-state index in [1.807, 2.05) is 18.2 Å². The van der Waals surface area contributed by atoms with Crippen molar-refractivity contribution in [1.29, 1.82) is 0 Å². The molecular formula is C16H15NO5S2. The predicted octanol–water partition coefficient (Wildman–Crippen LogP) is 3.43. The molecule has 6 nitrogen and oxygen atoms in total. The van der Waals surface area contributed by atoms with Gasteiger partial charge in [-0.05, 0) is 19.1 Å². The molecule has 2 aromatic heterocycles. The van der Waals surface area contributed by atoms with Crippen LogP contribution < -0.4 is 10.5 Å². The molecule has 1 aromatic carbocycles. The predicted molar refractivity (Wildman–Crippen MR) is 95.1 cm³/mol. The molecule has 0 aliphatic heterocycles. The first-order valence-corrected chi connectivity index (χ1v) is 8.79. The van der Waals surface area contributed by atoms with Gasteiger partial charge in [-0.25, -0.2) is 9.59 Å². The number of carbonyl (C=O) groups excluding carboxylic acids is 2. The molecule has 0 bridgehead atoms. The van der Waals surface area contributed by atoms with Crippen LogP contribution in [-0.4, -0.2) is 32.3 Å². The normalized spacial score (nSPS) is 10.9. The van der Waals surface area contributed by atoms with Gasteiger partial charge >= 0.3 is 11.9 Å². The summed E-state index contributed by atoms with van der Waals surface area (Å²) in [5.41, 5.74) is 6.49. The van der Waals surface area contributed by atoms with Crippen LogP contribution in [0.1, 0.15) is 16.6 Å². The van der Waals surface area contributed by atoms with E-state index in [4.69, 9.17) is 19.9 Å². The van der Waals surface area contributed by atoms with Crippen LogP contribution in [0.4, 0.5) is 5.69 Å². The van der Waals surface area contributed by atoms with Gasteiger partial charge in [0.1, 0.15) is 0 Å². The van der Waals surface area contributed by atoms with Gasteiger partial charge in [-0.3, -0.25) is 0 Å². The third-order valence-corrected chi connectivity index (χ3v) is 5.76. The summed E-state index contributed by atoms with van der Waals surface area (Å²) in [5, 5.41) is 0.991. The van der Waals surface area contributed by atoms with Gasteiger partial charge in [0.05, 0.1) is 23.1 Å². The highest BCUT2D eigenvalue weighted by atomic mass is 32.1. The lowest BCUT2D eigenvalue weighted by Crippen LogP contribution is -2.15. The lowest BCUT2D eigenvalue weighted by Gasteiger charge is -2.06. The smallest absolute Gasteiger partial charge is 0.351 e. The van der Waals surface area contributed by atoms with E-state index in [0.29, 0.717) is 16.3 Å². The Morgan fingerprint density at radius 3 is 2.71 bits per heavy atom. The number of nitrogen functional groups attached to an aromatic ring is 1. The third kappa shape index (κ3) is 2.90. The van der Waals surface area contributed by atoms with Gasteiger partial charge in [0.2, 0.25) is 0 Å². The fraction of sp³-hybridized carbons (Fsp3) is 0.250. The summed E-state index contributed by atoms with van der Waals surface area (Å²) < 4.78 is 18.0. The molecule has 8 heteroatoms. The van der Waals surface area contributed by atoms with Crippen LogP contribution in [0, 0.1) is 0 Å². The maximum absolute atomic E-state index is 12.0. The zero-order chi connectivity index (χ0) is 17.3. The summed E-state index contributed by atoms with van der Waals surface area (Å²) in [6.07, 6.45) is 0. The van der Waals surface area contributed by atoms with Gasteiger partial charge in [-0.2, -0.15) is 0 Å². The molecule has 0 saturated heterocycles. The second-order valence-corrected chi connectivity index (χ2v) is 6.93. The highest BCUT2D eigenvalue weighted by Gasteiger charge is 2.24. The molecule has 3 rings (SSSR count). The quantitative estimate of drug-likeness (QED) is 0.550. The van der Waals surface area contributed by atoms with Gasteiger partial charge in [0.25, 0.3) is 0 Å². The van der Waals surface area contributed by atoms with Gasteiger partial charge in [0.15, 0.2) is 17.2 Å². The molecule has 2 heterocycles. The van der Waals surface area contributed by atoms with Crippen molar-refractivity contribution in [3.05, 3.63) is 23.1 Å². The van der Waals surface area contributed by atoms with E-state index in [1.165, 1.54) is 29.8 Å². The molecule has 0 aliphatic rings. The Balaban J connectivity index is 2.09. The topological polar surface area (TPSA) is 87.8 Å². The van der Waals surface area contributed by atoms with E-state index in [1.54, 1.807) is 6.92 Å². The highest BCUT2D eigenvalue weighted by Crippen LogP contribution is 2.47. The highest BCUT2D eigenvalue weighted by molar-refractivity contribution is 7.34. The number of hydrogen-bond acceptors (Lipinski definition) is 8. The van der Waals surface area contributed by atoms with Crippen molar-refractivity contribution in [1.82, 2.24) is 0 Å². The summed E-state index contributed by atoms with van der Waals surface area (Å²) in [6, 6.07) is 5.60. The molecule has 0 fully saturated rings. The van der Waals surface area contributed by atoms with Crippen molar-refractivity contribution in [3.8, 4) is 5.75 Å². The van der Waals surface area contributed by atoms with Crippen molar-refractivity contribution < 1.29 is 23.8 Å². The summed E-state index contributed by atoms with van der Waals surface area (Å²) in [6.45, 7) is 1.73. The van der Waals surface area contributed by atoms with Crippen LogP contribution >= 0.6 is 22.7 Å². The van der Waals surface area contributed by atoms with Gasteiger partial charge in [-0.15, -0.1) is 22.7 Å². The Bertz CT molecular complexity index is 927. The lowest BCUT2D eigenvalue weighted by molar-refractivity contribution is -0.145. The minimum absolute atomic E-state index is 0.264. The molecule has 0 unspecified atom stereocenters. The van der Waals surface area contributed by atoms with Crippen molar-refractivity contribution in [2.75, 3.05) is 26.1 Å². The van der Waals surface area contributed by atoms with Gasteiger partial charge in [0, 0.05) is 15.8 Å². The van der Waals surface area contributed by atoms with E-state index in [0.717, 1.165) is 19.5 Å². The molecule has 0 saturated carbocycles. The average molecular weight is 365 g/mol. The maximum Gasteiger partial charge on any atom is 0.351 e. The van der Waals surface area contributed by atoms with E-state index in [-0.39, 0.29) is 13.2 Å². The number of nitrogens with two attached hydrogens (primary N) is 1. The average Bonchev–Trinajstić information content (AvgIpc) is 3.07. The number of ether oxygens (including phenoxy) is 3. The largest absolute Gasteiger partial charge is 0.479 e. The summed E-state index contributed by atoms with van der Waals surface area (Å²) in [7, 11) is 1.31. The Morgan fingerprint density at radius 1 is 1.21 bits per heavy atom. The molecule has 126 valence electrons. The SMILES string of the molecule is CCOC(=O)COc1c(C(=O)OC)sc2c1sc1cc(N)ccc12. The fourth-order valence-electron chi connectivity index (χ4n) is 2.28. The summed E-state index contributed by atoms with van der Waals surface area (Å²) in [5.74, 6) is -0.626. The molecule has 0 aliphatic carbocycles. The Labute approximate surface area is 145 Å². The van der Waals surface area contributed by atoms with Crippen LogP contribution in [0.2, 0.25) is 0 Å². The molecule has 0 radical (unpaired) electrons. The van der Waals surface area contributed by atoms with E-state index >= 15 is 0 Å². The Kier molecular flexibility index (Phi) is 4.59. The Hall–Kier alpha value is -2.32. The summed E-state index contributed by atoms with van der Waals surface area (Å²) in [4.78, 5) is 23.9. The van der Waals surface area contributed by atoms with Crippen LogP contribution in [0.5, 0.6) is 5.75 Å². The minimum Gasteiger partial charge on any atom is -0.479 e. The Morgan fingerprint density at radius 2 is 2.00 bits per heavy atom. The van der Waals surface area contributed by atoms with Crippen molar-refractivity contribution >= 4 is 59.8 Å². The van der Waals surface area contributed by atoms with Crippen LogP contribution in [0.25, 0.3) is 19.5 Å². The first-order valence-electron chi connectivity index (χ1n) is 7.16. The molecule has 0 atom stereocenters. The van der Waals surface area contributed by atoms with Gasteiger partial charge in [-0.1, -0.05) is 6.07 Å². The van der Waals surface area contributed by atoms with Crippen molar-refractivity contribution in [2.45, 2.75) is 6.92 Å². The van der Waals surface area contributed by atoms with E-state index in [9.17, 15) is 9.59 Å². The van der Waals surface area contributed by atoms with E-state index in [2.05, 4.69) is 0 Å². The number of rotatable bonds is 5. The van der Waals surface area contributed by atoms with Crippen molar-refractivity contribution in [3.63, 3.8) is 0 Å². The second-order valence-electron chi connectivity index (χ2n) is 4.86. The fourth-order valence-corrected chi connectivity index (χ4v) is 4.91. The summed E-state index contributed by atoms with van der Waals surface area (Å²) >= 11 is 2.74. The van der Waals surface area contributed by atoms with Gasteiger partial charge < -0.3 is 19.9 Å². The monoisotopic (exact) mass is 365 g/mol. The number of hydrogen-bond donors (Lipinski definition) is 1. The standard InChI is InChI=1S/C16H15NO5S2/c1-3-21-11(18)7-22-12-14-13(24-15(12)16(19)20-2)9-5-4-8(17)6-10(9)23-14/h4-6H,3,7,17H2,1-2H3. The van der Waals surface area contributed by atoms with Crippen LogP contribution in [0.15, 0.2) is 18.2 Å². The molecular weight excluding hydrogens is 350 g/mol. The molecule has 3 aromatic rings. The van der Waals surface area contributed by atoms with Crippen LogP contribution in [-0.2, 0) is 14.3 Å². The molecule has 24 heavy (non-hydrogen) atoms. The van der Waals surface area contributed by atoms with Crippen molar-refractivity contribution in [2.24, 2.45) is 0 Å². The first kappa shape index (κ1) is 16.5. The number of methoxy groups -OCH3 is 1. The maximum atomic E-state index is 12.0. The third-order valence-electron chi connectivity index (χ3n) is 3.30. The molecule has 0 amide bonds. The van der Waals surface area contributed by atoms with Crippen LogP contribution in [0.3, 0.4) is 0 Å².